The van der Waals surface area contributed by atoms with Crippen LogP contribution in [0.15, 0.2) is 35.4 Å². The van der Waals surface area contributed by atoms with Crippen LogP contribution in [0.5, 0.6) is 0 Å². The van der Waals surface area contributed by atoms with Crippen molar-refractivity contribution in [3.8, 4) is 0 Å². The first kappa shape index (κ1) is 14.7. The van der Waals surface area contributed by atoms with Gasteiger partial charge in [0.2, 0.25) is 5.91 Å². The highest BCUT2D eigenvalue weighted by Gasteiger charge is 2.21. The van der Waals surface area contributed by atoms with Crippen molar-refractivity contribution in [1.82, 2.24) is 14.5 Å². The molecule has 1 fully saturated rings. The summed E-state index contributed by atoms with van der Waals surface area (Å²) in [6.07, 6.45) is 1.88. The normalized spacial score (nSPS) is 18.6. The Morgan fingerprint density at radius 2 is 2.23 bits per heavy atom. The predicted molar refractivity (Wildman–Crippen MR) is 82.6 cm³/mol. The summed E-state index contributed by atoms with van der Waals surface area (Å²) in [5, 5.41) is 0.581. The van der Waals surface area contributed by atoms with E-state index in [1.807, 2.05) is 19.1 Å². The fraction of sp³-hybridized carbons (Fsp3) is 0.438. The Bertz CT molecular complexity index is 741. The zero-order valence-corrected chi connectivity index (χ0v) is 12.6. The molecule has 1 aromatic carbocycles. The largest absolute Gasteiger partial charge is 0.375 e. The summed E-state index contributed by atoms with van der Waals surface area (Å²) in [4.78, 5) is 30.6. The molecule has 1 aromatic heterocycles. The number of aromatic nitrogens is 2. The Morgan fingerprint density at radius 1 is 1.41 bits per heavy atom. The van der Waals surface area contributed by atoms with E-state index in [0.717, 1.165) is 0 Å². The maximum absolute atomic E-state index is 12.3. The maximum atomic E-state index is 12.3. The van der Waals surface area contributed by atoms with Gasteiger partial charge in [-0.3, -0.25) is 14.2 Å². The third-order valence-corrected chi connectivity index (χ3v) is 3.89. The average molecular weight is 301 g/mol. The van der Waals surface area contributed by atoms with Crippen molar-refractivity contribution in [2.75, 3.05) is 19.7 Å². The lowest BCUT2D eigenvalue weighted by Gasteiger charge is -2.31. The van der Waals surface area contributed by atoms with E-state index in [4.69, 9.17) is 4.74 Å². The Kier molecular flexibility index (Phi) is 4.20. The van der Waals surface area contributed by atoms with Crippen molar-refractivity contribution in [3.05, 3.63) is 40.9 Å². The molecule has 0 aliphatic carbocycles. The minimum Gasteiger partial charge on any atom is -0.375 e. The highest BCUT2D eigenvalue weighted by Crippen LogP contribution is 2.08. The van der Waals surface area contributed by atoms with Gasteiger partial charge in [0.1, 0.15) is 0 Å². The summed E-state index contributed by atoms with van der Waals surface area (Å²) in [7, 11) is 0. The summed E-state index contributed by atoms with van der Waals surface area (Å²) >= 11 is 0. The molecule has 6 nitrogen and oxygen atoms in total. The molecule has 3 rings (SSSR count). The smallest absolute Gasteiger partial charge is 0.261 e. The molecule has 0 radical (unpaired) electrons. The number of carbonyl (C=O) groups is 1. The molecule has 6 heteroatoms. The van der Waals surface area contributed by atoms with Gasteiger partial charge in [-0.15, -0.1) is 0 Å². The summed E-state index contributed by atoms with van der Waals surface area (Å²) in [6, 6.07) is 7.23. The molecule has 1 aliphatic rings. The van der Waals surface area contributed by atoms with Crippen LogP contribution in [0.4, 0.5) is 0 Å². The minimum absolute atomic E-state index is 0.0511. The number of ether oxygens (including phenoxy) is 1. The number of nitrogens with zero attached hydrogens (tertiary/aromatic N) is 3. The first-order valence-corrected chi connectivity index (χ1v) is 7.49. The first-order chi connectivity index (χ1) is 10.6. The second-order valence-corrected chi connectivity index (χ2v) is 5.53. The number of rotatable bonds is 3. The monoisotopic (exact) mass is 301 g/mol. The van der Waals surface area contributed by atoms with Gasteiger partial charge < -0.3 is 9.64 Å². The van der Waals surface area contributed by atoms with Crippen molar-refractivity contribution in [1.29, 1.82) is 0 Å². The molecule has 0 spiro atoms. The summed E-state index contributed by atoms with van der Waals surface area (Å²) in [6.45, 7) is 4.11. The van der Waals surface area contributed by atoms with Gasteiger partial charge in [-0.1, -0.05) is 12.1 Å². The van der Waals surface area contributed by atoms with Gasteiger partial charge in [0.25, 0.3) is 5.56 Å². The number of para-hydroxylation sites is 1. The fourth-order valence-corrected chi connectivity index (χ4v) is 2.68. The van der Waals surface area contributed by atoms with Crippen LogP contribution in [0.2, 0.25) is 0 Å². The quantitative estimate of drug-likeness (QED) is 0.849. The molecule has 2 heterocycles. The lowest BCUT2D eigenvalue weighted by Crippen LogP contribution is -2.44. The number of hydrogen-bond acceptors (Lipinski definition) is 4. The lowest BCUT2D eigenvalue weighted by atomic mass is 10.2. The van der Waals surface area contributed by atoms with Gasteiger partial charge in [-0.25, -0.2) is 4.98 Å². The van der Waals surface area contributed by atoms with Crippen LogP contribution in [0.3, 0.4) is 0 Å². The number of hydrogen-bond donors (Lipinski definition) is 0. The molecule has 1 amide bonds. The van der Waals surface area contributed by atoms with Gasteiger partial charge >= 0.3 is 0 Å². The van der Waals surface area contributed by atoms with Crippen LogP contribution in [-0.2, 0) is 16.1 Å². The van der Waals surface area contributed by atoms with E-state index in [9.17, 15) is 9.59 Å². The SMILES string of the molecule is CC1CN(C(=O)CCn2cnc3ccccc3c2=O)CCO1. The number of carbonyl (C=O) groups excluding carboxylic acids is 1. The Morgan fingerprint density at radius 3 is 3.05 bits per heavy atom. The molecule has 22 heavy (non-hydrogen) atoms. The number of aryl methyl sites for hydroxylation is 1. The molecular weight excluding hydrogens is 282 g/mol. The van der Waals surface area contributed by atoms with Crippen molar-refractivity contribution in [3.63, 3.8) is 0 Å². The average Bonchev–Trinajstić information content (AvgIpc) is 2.54. The molecule has 2 aromatic rings. The number of morpholine rings is 1. The summed E-state index contributed by atoms with van der Waals surface area (Å²) in [5.74, 6) is 0.0511. The van der Waals surface area contributed by atoms with E-state index in [1.165, 1.54) is 10.9 Å². The second-order valence-electron chi connectivity index (χ2n) is 5.53. The molecule has 0 saturated carbocycles. The van der Waals surface area contributed by atoms with E-state index < -0.39 is 0 Å². The van der Waals surface area contributed by atoms with Crippen LogP contribution in [0.25, 0.3) is 10.9 Å². The van der Waals surface area contributed by atoms with E-state index in [0.29, 0.717) is 43.6 Å². The third kappa shape index (κ3) is 3.01. The predicted octanol–water partition coefficient (Wildman–Crippen LogP) is 1.03. The molecule has 1 saturated heterocycles. The van der Waals surface area contributed by atoms with Gasteiger partial charge in [0.05, 0.1) is 29.9 Å². The third-order valence-electron chi connectivity index (χ3n) is 3.89. The molecular formula is C16H19N3O3. The summed E-state index contributed by atoms with van der Waals surface area (Å²) in [5.41, 5.74) is 0.575. The molecule has 1 atom stereocenters. The van der Waals surface area contributed by atoms with Gasteiger partial charge in [-0.05, 0) is 19.1 Å². The Labute approximate surface area is 128 Å². The molecule has 116 valence electrons. The number of fused-ring (bicyclic) bond motifs is 1. The van der Waals surface area contributed by atoms with Crippen LogP contribution in [0, 0.1) is 0 Å². The molecule has 1 aliphatic heterocycles. The Balaban J connectivity index is 1.70. The van der Waals surface area contributed by atoms with E-state index in [-0.39, 0.29) is 17.6 Å². The molecule has 0 bridgehead atoms. The van der Waals surface area contributed by atoms with Crippen LogP contribution >= 0.6 is 0 Å². The first-order valence-electron chi connectivity index (χ1n) is 7.49. The second kappa shape index (κ2) is 6.27. The minimum atomic E-state index is -0.103. The van der Waals surface area contributed by atoms with Crippen molar-refractivity contribution in [2.24, 2.45) is 0 Å². The van der Waals surface area contributed by atoms with Crippen molar-refractivity contribution in [2.45, 2.75) is 26.0 Å². The summed E-state index contributed by atoms with van der Waals surface area (Å²) < 4.78 is 6.93. The zero-order valence-electron chi connectivity index (χ0n) is 12.6. The van der Waals surface area contributed by atoms with E-state index >= 15 is 0 Å². The number of benzene rings is 1. The zero-order chi connectivity index (χ0) is 15.5. The van der Waals surface area contributed by atoms with E-state index in [1.54, 1.807) is 17.0 Å². The fourth-order valence-electron chi connectivity index (χ4n) is 2.68. The van der Waals surface area contributed by atoms with Crippen molar-refractivity contribution >= 4 is 16.8 Å². The van der Waals surface area contributed by atoms with E-state index in [2.05, 4.69) is 4.98 Å². The van der Waals surface area contributed by atoms with Crippen LogP contribution in [-0.4, -0.2) is 46.2 Å². The molecule has 0 N–H and O–H groups in total. The highest BCUT2D eigenvalue weighted by molar-refractivity contribution is 5.77. The van der Waals surface area contributed by atoms with Crippen molar-refractivity contribution < 1.29 is 9.53 Å². The highest BCUT2D eigenvalue weighted by atomic mass is 16.5. The maximum Gasteiger partial charge on any atom is 0.261 e. The van der Waals surface area contributed by atoms with Crippen LogP contribution < -0.4 is 5.56 Å². The topological polar surface area (TPSA) is 64.4 Å². The molecule has 1 unspecified atom stereocenters. The van der Waals surface area contributed by atoms with Gasteiger partial charge in [-0.2, -0.15) is 0 Å². The lowest BCUT2D eigenvalue weighted by molar-refractivity contribution is -0.138. The standard InChI is InChI=1S/C16H19N3O3/c1-12-10-18(8-9-22-12)15(20)6-7-19-11-17-14-5-3-2-4-13(14)16(19)21/h2-5,11-12H,6-10H2,1H3. The van der Waals surface area contributed by atoms with Crippen LogP contribution in [0.1, 0.15) is 13.3 Å². The Hall–Kier alpha value is -2.21. The van der Waals surface area contributed by atoms with Gasteiger partial charge in [0, 0.05) is 26.1 Å². The number of amides is 1. The van der Waals surface area contributed by atoms with Gasteiger partial charge in [0.15, 0.2) is 0 Å².